The molecule has 2 rings (SSSR count). The molecule has 0 fully saturated rings. The molecule has 0 saturated heterocycles. The molecule has 0 atom stereocenters. The molecule has 0 radical (unpaired) electrons. The van der Waals surface area contributed by atoms with Gasteiger partial charge >= 0.3 is 0 Å². The lowest BCUT2D eigenvalue weighted by molar-refractivity contribution is -0.384. The van der Waals surface area contributed by atoms with Crippen LogP contribution in [0.3, 0.4) is 0 Å². The number of nitrogens with zero attached hydrogens (tertiary/aromatic N) is 2. The lowest BCUT2D eigenvalue weighted by atomic mass is 10.1. The van der Waals surface area contributed by atoms with Crippen LogP contribution in [0.5, 0.6) is 0 Å². The van der Waals surface area contributed by atoms with Gasteiger partial charge < -0.3 is 4.90 Å². The second-order valence-electron chi connectivity index (χ2n) is 4.86. The number of hydrogen-bond donors (Lipinski definition) is 0. The molecule has 0 bridgehead atoms. The summed E-state index contributed by atoms with van der Waals surface area (Å²) in [6.45, 7) is 0.825. The number of benzene rings is 2. The van der Waals surface area contributed by atoms with Gasteiger partial charge in [-0.2, -0.15) is 0 Å². The van der Waals surface area contributed by atoms with Crippen molar-refractivity contribution in [1.82, 2.24) is 0 Å². The van der Waals surface area contributed by atoms with Crippen molar-refractivity contribution >= 4 is 23.0 Å². The molecular weight excluding hydrogens is 288 g/mol. The number of hydrogen-bond acceptors (Lipinski definition) is 3. The van der Waals surface area contributed by atoms with Crippen molar-refractivity contribution in [3.63, 3.8) is 0 Å². The van der Waals surface area contributed by atoms with Crippen molar-refractivity contribution < 1.29 is 4.92 Å². The Morgan fingerprint density at radius 1 is 1.19 bits per heavy atom. The van der Waals surface area contributed by atoms with Crippen molar-refractivity contribution in [2.24, 2.45) is 0 Å². The molecule has 4 nitrogen and oxygen atoms in total. The number of nitro groups is 1. The highest BCUT2D eigenvalue weighted by Gasteiger charge is 2.12. The number of non-ortho nitro benzene ring substituents is 1. The zero-order valence-corrected chi connectivity index (χ0v) is 12.6. The minimum Gasteiger partial charge on any atom is -0.374 e. The van der Waals surface area contributed by atoms with E-state index in [1.165, 1.54) is 11.6 Å². The Balaban J connectivity index is 2.11. The van der Waals surface area contributed by atoms with Crippen molar-refractivity contribution in [1.29, 1.82) is 0 Å². The minimum atomic E-state index is -0.399. The van der Waals surface area contributed by atoms with E-state index in [1.807, 2.05) is 25.2 Å². The highest BCUT2D eigenvalue weighted by atomic mass is 35.5. The summed E-state index contributed by atoms with van der Waals surface area (Å²) >= 11 is 5.92. The molecule has 2 aromatic carbocycles. The molecule has 5 heteroatoms. The van der Waals surface area contributed by atoms with Crippen LogP contribution < -0.4 is 4.90 Å². The summed E-state index contributed by atoms with van der Waals surface area (Å²) in [6.07, 6.45) is 0.913. The standard InChI is InChI=1S/C16H17ClN2O2/c1-18(10-9-13-5-3-2-4-6-13)16-8-7-15(19(20)21)11-14(16)12-17/h2-8,11H,9-10,12H2,1H3. The van der Waals surface area contributed by atoms with Gasteiger partial charge in [0.2, 0.25) is 0 Å². The van der Waals surface area contributed by atoms with Crippen molar-refractivity contribution in [3.05, 3.63) is 69.8 Å². The van der Waals surface area contributed by atoms with E-state index in [1.54, 1.807) is 12.1 Å². The van der Waals surface area contributed by atoms with Crippen LogP contribution in [0.4, 0.5) is 11.4 Å². The number of alkyl halides is 1. The predicted octanol–water partition coefficient (Wildman–Crippen LogP) is 4.01. The molecule has 0 heterocycles. The van der Waals surface area contributed by atoms with Crippen molar-refractivity contribution in [2.75, 3.05) is 18.5 Å². The molecule has 0 aliphatic rings. The van der Waals surface area contributed by atoms with Gasteiger partial charge in [-0.05, 0) is 23.6 Å². The first-order chi connectivity index (χ1) is 10.1. The van der Waals surface area contributed by atoms with Gasteiger partial charge in [0.05, 0.1) is 4.92 Å². The van der Waals surface area contributed by atoms with Gasteiger partial charge in [0.1, 0.15) is 0 Å². The molecule has 0 unspecified atom stereocenters. The number of halogens is 1. The topological polar surface area (TPSA) is 46.4 Å². The van der Waals surface area contributed by atoms with Crippen LogP contribution in [-0.4, -0.2) is 18.5 Å². The van der Waals surface area contributed by atoms with E-state index >= 15 is 0 Å². The fourth-order valence-corrected chi connectivity index (χ4v) is 2.44. The van der Waals surface area contributed by atoms with Gasteiger partial charge in [-0.25, -0.2) is 0 Å². The summed E-state index contributed by atoms with van der Waals surface area (Å²) < 4.78 is 0. The van der Waals surface area contributed by atoms with Crippen LogP contribution in [0.15, 0.2) is 48.5 Å². The third-order valence-corrected chi connectivity index (χ3v) is 3.70. The molecule has 2 aromatic rings. The minimum absolute atomic E-state index is 0.0749. The first kappa shape index (κ1) is 15.3. The Hall–Kier alpha value is -2.07. The molecule has 0 aliphatic carbocycles. The normalized spacial score (nSPS) is 10.4. The van der Waals surface area contributed by atoms with E-state index in [4.69, 9.17) is 11.6 Å². The van der Waals surface area contributed by atoms with Gasteiger partial charge in [0, 0.05) is 37.3 Å². The highest BCUT2D eigenvalue weighted by Crippen LogP contribution is 2.26. The molecule has 0 saturated carbocycles. The largest absolute Gasteiger partial charge is 0.374 e. The zero-order valence-electron chi connectivity index (χ0n) is 11.8. The lowest BCUT2D eigenvalue weighted by Crippen LogP contribution is -2.21. The second-order valence-corrected chi connectivity index (χ2v) is 5.13. The van der Waals surface area contributed by atoms with Crippen LogP contribution in [0, 0.1) is 10.1 Å². The summed E-state index contributed by atoms with van der Waals surface area (Å²) in [5.74, 6) is 0.257. The van der Waals surface area contributed by atoms with Crippen molar-refractivity contribution in [3.8, 4) is 0 Å². The van der Waals surface area contributed by atoms with Gasteiger partial charge in [0.15, 0.2) is 0 Å². The third kappa shape index (κ3) is 3.95. The average Bonchev–Trinajstić information content (AvgIpc) is 2.52. The summed E-state index contributed by atoms with van der Waals surface area (Å²) in [5, 5.41) is 10.8. The Kier molecular flexibility index (Phi) is 5.17. The van der Waals surface area contributed by atoms with Gasteiger partial charge in [-0.3, -0.25) is 10.1 Å². The second kappa shape index (κ2) is 7.09. The van der Waals surface area contributed by atoms with Gasteiger partial charge in [-0.1, -0.05) is 30.3 Å². The molecule has 0 aliphatic heterocycles. The summed E-state index contributed by atoms with van der Waals surface area (Å²) in [6, 6.07) is 15.0. The van der Waals surface area contributed by atoms with E-state index in [0.29, 0.717) is 0 Å². The van der Waals surface area contributed by atoms with Crippen LogP contribution in [0.2, 0.25) is 0 Å². The number of anilines is 1. The molecule has 0 amide bonds. The molecule has 110 valence electrons. The number of rotatable bonds is 6. The lowest BCUT2D eigenvalue weighted by Gasteiger charge is -2.21. The first-order valence-electron chi connectivity index (χ1n) is 6.70. The summed E-state index contributed by atoms with van der Waals surface area (Å²) in [4.78, 5) is 12.5. The van der Waals surface area contributed by atoms with Crippen molar-refractivity contribution in [2.45, 2.75) is 12.3 Å². The zero-order chi connectivity index (χ0) is 15.2. The highest BCUT2D eigenvalue weighted by molar-refractivity contribution is 6.17. The fourth-order valence-electron chi connectivity index (χ4n) is 2.23. The molecule has 0 N–H and O–H groups in total. The smallest absolute Gasteiger partial charge is 0.269 e. The number of nitro benzene ring substituents is 1. The number of likely N-dealkylation sites (N-methyl/N-ethyl adjacent to an activating group) is 1. The Bertz CT molecular complexity index is 617. The van der Waals surface area contributed by atoms with Crippen LogP contribution in [-0.2, 0) is 12.3 Å². The summed E-state index contributed by atoms with van der Waals surface area (Å²) in [7, 11) is 1.97. The maximum Gasteiger partial charge on any atom is 0.269 e. The fraction of sp³-hybridized carbons (Fsp3) is 0.250. The van der Waals surface area contributed by atoms with E-state index in [-0.39, 0.29) is 11.6 Å². The van der Waals surface area contributed by atoms with E-state index < -0.39 is 4.92 Å². The van der Waals surface area contributed by atoms with Gasteiger partial charge in [0.25, 0.3) is 5.69 Å². The Labute approximate surface area is 129 Å². The summed E-state index contributed by atoms with van der Waals surface area (Å²) in [5.41, 5.74) is 3.05. The van der Waals surface area contributed by atoms with E-state index in [2.05, 4.69) is 17.0 Å². The monoisotopic (exact) mass is 304 g/mol. The van der Waals surface area contributed by atoms with E-state index in [0.717, 1.165) is 24.2 Å². The van der Waals surface area contributed by atoms with Gasteiger partial charge in [-0.15, -0.1) is 11.6 Å². The van der Waals surface area contributed by atoms with Crippen LogP contribution >= 0.6 is 11.6 Å². The predicted molar refractivity (Wildman–Crippen MR) is 86.1 cm³/mol. The maximum atomic E-state index is 10.8. The quantitative estimate of drug-likeness (QED) is 0.460. The average molecular weight is 305 g/mol. The molecule has 0 spiro atoms. The molecule has 0 aromatic heterocycles. The Morgan fingerprint density at radius 3 is 2.52 bits per heavy atom. The first-order valence-corrected chi connectivity index (χ1v) is 7.23. The van der Waals surface area contributed by atoms with Crippen LogP contribution in [0.1, 0.15) is 11.1 Å². The third-order valence-electron chi connectivity index (χ3n) is 3.41. The molecule has 21 heavy (non-hydrogen) atoms. The SMILES string of the molecule is CN(CCc1ccccc1)c1ccc([N+](=O)[O-])cc1CCl. The Morgan fingerprint density at radius 2 is 1.90 bits per heavy atom. The van der Waals surface area contributed by atoms with E-state index in [9.17, 15) is 10.1 Å². The van der Waals surface area contributed by atoms with Crippen LogP contribution in [0.25, 0.3) is 0 Å². The maximum absolute atomic E-state index is 10.8. The molecular formula is C16H17ClN2O2.